The van der Waals surface area contributed by atoms with Gasteiger partial charge in [0.2, 0.25) is 0 Å². The monoisotopic (exact) mass is 791 g/mol. The summed E-state index contributed by atoms with van der Waals surface area (Å²) in [6, 6.07) is 41.2. The van der Waals surface area contributed by atoms with Crippen LogP contribution in [0.1, 0.15) is 201 Å². The first kappa shape index (κ1) is 43.3. The van der Waals surface area contributed by atoms with Crippen molar-refractivity contribution in [2.75, 3.05) is 0 Å². The first-order chi connectivity index (χ1) is 29.6. The van der Waals surface area contributed by atoms with E-state index in [1.54, 1.807) is 11.1 Å². The summed E-state index contributed by atoms with van der Waals surface area (Å²) in [5.41, 5.74) is 16.2. The van der Waals surface area contributed by atoms with Gasteiger partial charge in [0.15, 0.2) is 0 Å². The molecule has 60 heavy (non-hydrogen) atoms. The smallest absolute Gasteiger partial charge is 0.0261 e. The number of rotatable bonds is 20. The first-order valence-corrected chi connectivity index (χ1v) is 24.2. The number of fused-ring (bicyclic) bond motifs is 6. The number of hydrogen-bond donors (Lipinski definition) is 0. The predicted octanol–water partition coefficient (Wildman–Crippen LogP) is 16.9. The molecule has 310 valence electrons. The van der Waals surface area contributed by atoms with Gasteiger partial charge in [-0.25, -0.2) is 0 Å². The highest BCUT2D eigenvalue weighted by molar-refractivity contribution is 5.83. The van der Waals surface area contributed by atoms with Crippen molar-refractivity contribution in [2.45, 2.75) is 167 Å². The Balaban J connectivity index is 1.16. The third-order valence-electron chi connectivity index (χ3n) is 13.9. The van der Waals surface area contributed by atoms with Gasteiger partial charge in [0, 0.05) is 33.1 Å². The molecule has 0 heterocycles. The Morgan fingerprint density at radius 3 is 1.00 bits per heavy atom. The summed E-state index contributed by atoms with van der Waals surface area (Å²) in [7, 11) is 0. The third-order valence-corrected chi connectivity index (χ3v) is 13.9. The Labute approximate surface area is 365 Å². The molecule has 5 aromatic carbocycles. The van der Waals surface area contributed by atoms with Crippen LogP contribution in [0.3, 0.4) is 0 Å². The molecule has 0 bridgehead atoms. The second-order valence-corrected chi connectivity index (χ2v) is 18.1. The van der Waals surface area contributed by atoms with Gasteiger partial charge in [-0.15, -0.1) is 0 Å². The Kier molecular flexibility index (Phi) is 15.3. The average Bonchev–Trinajstić information content (AvgIpc) is 3.71. The largest absolute Gasteiger partial charge is 0.0654 e. The van der Waals surface area contributed by atoms with Crippen molar-refractivity contribution in [3.05, 3.63) is 154 Å². The molecular formula is C60H70. The fraction of sp³-hybridized carbons (Fsp3) is 0.433. The van der Waals surface area contributed by atoms with Crippen molar-refractivity contribution in [2.24, 2.45) is 0 Å². The minimum absolute atomic E-state index is 0.0741. The molecule has 2 aliphatic carbocycles. The topological polar surface area (TPSA) is 0 Å². The van der Waals surface area contributed by atoms with Crippen LogP contribution in [0, 0.1) is 23.7 Å². The standard InChI is InChI=1S/C60H70/c1-5-9-13-21-40-59(41-22-14-10-6-2)55-30-19-17-28-51(55)53-38-36-49(45-57(53)59)34-32-47-26-25-27-48(44-47)33-35-50-37-39-54-52-29-18-20-31-56(52)60(58(54)46-50,42-23-15-11-7-3)43-24-16-12-8-4/h17-20,25-31,36-39,44-46H,5-16,21-24,40-43H2,1-4H3. The van der Waals surface area contributed by atoms with E-state index in [0.29, 0.717) is 0 Å². The van der Waals surface area contributed by atoms with E-state index in [1.165, 1.54) is 162 Å². The van der Waals surface area contributed by atoms with E-state index in [1.807, 2.05) is 0 Å². The molecule has 0 aliphatic heterocycles. The Bertz CT molecular complexity index is 2130. The van der Waals surface area contributed by atoms with Crippen LogP contribution in [-0.2, 0) is 10.8 Å². The fourth-order valence-electron chi connectivity index (χ4n) is 10.8. The summed E-state index contributed by atoms with van der Waals surface area (Å²) >= 11 is 0. The first-order valence-electron chi connectivity index (χ1n) is 24.2. The summed E-state index contributed by atoms with van der Waals surface area (Å²) in [4.78, 5) is 0. The Hall–Kier alpha value is -4.78. The quantitative estimate of drug-likeness (QED) is 0.0544. The lowest BCUT2D eigenvalue weighted by Crippen LogP contribution is -2.25. The van der Waals surface area contributed by atoms with Gasteiger partial charge < -0.3 is 0 Å². The van der Waals surface area contributed by atoms with Crippen molar-refractivity contribution >= 4 is 0 Å². The van der Waals surface area contributed by atoms with Gasteiger partial charge in [-0.3, -0.25) is 0 Å². The fourth-order valence-corrected chi connectivity index (χ4v) is 10.8. The lowest BCUT2D eigenvalue weighted by Gasteiger charge is -2.33. The van der Waals surface area contributed by atoms with Crippen molar-refractivity contribution < 1.29 is 0 Å². The average molecular weight is 791 g/mol. The molecular weight excluding hydrogens is 721 g/mol. The molecule has 0 nitrogen and oxygen atoms in total. The van der Waals surface area contributed by atoms with Crippen LogP contribution in [0.2, 0.25) is 0 Å². The Morgan fingerprint density at radius 1 is 0.300 bits per heavy atom. The van der Waals surface area contributed by atoms with Crippen LogP contribution in [0.5, 0.6) is 0 Å². The van der Waals surface area contributed by atoms with E-state index in [-0.39, 0.29) is 10.8 Å². The van der Waals surface area contributed by atoms with Crippen LogP contribution in [0.25, 0.3) is 22.3 Å². The van der Waals surface area contributed by atoms with Crippen molar-refractivity contribution in [3.63, 3.8) is 0 Å². The van der Waals surface area contributed by atoms with E-state index in [0.717, 1.165) is 22.3 Å². The lowest BCUT2D eigenvalue weighted by molar-refractivity contribution is 0.401. The molecule has 0 saturated carbocycles. The zero-order valence-electron chi connectivity index (χ0n) is 37.5. The second-order valence-electron chi connectivity index (χ2n) is 18.1. The van der Waals surface area contributed by atoms with Crippen LogP contribution in [-0.4, -0.2) is 0 Å². The SMILES string of the molecule is CCCCCCC1(CCCCCC)c2ccccc2-c2ccc(C#Cc3cccc(C#Cc4ccc5c(c4)C(CCCCCC)(CCCCCC)c4ccccc4-5)c3)cc21. The minimum Gasteiger partial charge on any atom is -0.0654 e. The van der Waals surface area contributed by atoms with Gasteiger partial charge in [0.05, 0.1) is 0 Å². The summed E-state index contributed by atoms with van der Waals surface area (Å²) in [6.45, 7) is 9.26. The maximum Gasteiger partial charge on any atom is 0.0261 e. The molecule has 0 aromatic heterocycles. The van der Waals surface area contributed by atoms with Gasteiger partial charge in [-0.1, -0.05) is 221 Å². The zero-order chi connectivity index (χ0) is 41.6. The summed E-state index contributed by atoms with van der Waals surface area (Å²) in [5, 5.41) is 0. The highest BCUT2D eigenvalue weighted by Crippen LogP contribution is 2.55. The van der Waals surface area contributed by atoms with E-state index >= 15 is 0 Å². The van der Waals surface area contributed by atoms with E-state index < -0.39 is 0 Å². The lowest BCUT2D eigenvalue weighted by atomic mass is 9.70. The van der Waals surface area contributed by atoms with Gasteiger partial charge in [-0.05, 0) is 113 Å². The van der Waals surface area contributed by atoms with Gasteiger partial charge in [0.25, 0.3) is 0 Å². The van der Waals surface area contributed by atoms with Crippen molar-refractivity contribution in [1.82, 2.24) is 0 Å². The van der Waals surface area contributed by atoms with Gasteiger partial charge in [0.1, 0.15) is 0 Å². The summed E-state index contributed by atoms with van der Waals surface area (Å²) in [6.07, 6.45) is 25.6. The van der Waals surface area contributed by atoms with Crippen molar-refractivity contribution in [3.8, 4) is 45.9 Å². The molecule has 0 unspecified atom stereocenters. The van der Waals surface area contributed by atoms with Crippen LogP contribution in [0.15, 0.2) is 109 Å². The van der Waals surface area contributed by atoms with E-state index in [9.17, 15) is 0 Å². The molecule has 0 saturated heterocycles. The molecule has 2 aliphatic rings. The van der Waals surface area contributed by atoms with Crippen LogP contribution >= 0.6 is 0 Å². The molecule has 0 heteroatoms. The van der Waals surface area contributed by atoms with Gasteiger partial charge in [-0.2, -0.15) is 0 Å². The number of benzene rings is 5. The van der Waals surface area contributed by atoms with E-state index in [4.69, 9.17) is 0 Å². The number of hydrogen-bond acceptors (Lipinski definition) is 0. The molecule has 0 spiro atoms. The molecule has 0 radical (unpaired) electrons. The van der Waals surface area contributed by atoms with Crippen LogP contribution < -0.4 is 0 Å². The second kappa shape index (κ2) is 21.1. The van der Waals surface area contributed by atoms with Crippen molar-refractivity contribution in [1.29, 1.82) is 0 Å². The highest BCUT2D eigenvalue weighted by Gasteiger charge is 2.43. The highest BCUT2D eigenvalue weighted by atomic mass is 14.5. The molecule has 0 amide bonds. The predicted molar refractivity (Wildman–Crippen MR) is 259 cm³/mol. The minimum atomic E-state index is 0.0741. The summed E-state index contributed by atoms with van der Waals surface area (Å²) in [5.74, 6) is 14.3. The normalized spacial score (nSPS) is 13.7. The summed E-state index contributed by atoms with van der Waals surface area (Å²) < 4.78 is 0. The zero-order valence-corrected chi connectivity index (χ0v) is 37.5. The Morgan fingerprint density at radius 2 is 0.633 bits per heavy atom. The number of unbranched alkanes of at least 4 members (excludes halogenated alkanes) is 12. The molecule has 0 atom stereocenters. The third kappa shape index (κ3) is 9.56. The maximum absolute atomic E-state index is 3.61. The molecule has 7 rings (SSSR count). The maximum atomic E-state index is 3.61. The molecule has 5 aromatic rings. The molecule has 0 N–H and O–H groups in total. The van der Waals surface area contributed by atoms with Crippen LogP contribution in [0.4, 0.5) is 0 Å². The van der Waals surface area contributed by atoms with Gasteiger partial charge >= 0.3 is 0 Å². The van der Waals surface area contributed by atoms with E-state index in [2.05, 4.69) is 161 Å². The molecule has 0 fully saturated rings.